The van der Waals surface area contributed by atoms with E-state index in [0.717, 1.165) is 36.3 Å². The number of carbonyl (C=O) groups is 1. The molecule has 0 saturated carbocycles. The Labute approximate surface area is 145 Å². The van der Waals surface area contributed by atoms with Gasteiger partial charge in [-0.15, -0.1) is 0 Å². The largest absolute Gasteiger partial charge is 0.337 e. The number of carbonyl (C=O) groups excluding carboxylic acids is 1. The standard InChI is InChI=1S/C18H21N5O2/c1-11-9-15(16-12(2)21-25-17(16)20-11)18(24)22-7-4-5-14(10-22)23-8-6-19-13(23)3/h6,8-9,14H,4-5,7,10H2,1-3H3/t14-/m1/s1. The van der Waals surface area contributed by atoms with Gasteiger partial charge in [0.2, 0.25) is 0 Å². The maximum Gasteiger partial charge on any atom is 0.258 e. The zero-order valence-electron chi connectivity index (χ0n) is 14.7. The normalized spacial score (nSPS) is 18.0. The molecule has 0 bridgehead atoms. The van der Waals surface area contributed by atoms with Crippen molar-refractivity contribution in [2.75, 3.05) is 13.1 Å². The highest BCUT2D eigenvalue weighted by Crippen LogP contribution is 2.27. The molecule has 4 heterocycles. The number of pyridine rings is 1. The Bertz CT molecular complexity index is 942. The first-order valence-corrected chi connectivity index (χ1v) is 8.57. The van der Waals surface area contributed by atoms with Crippen molar-refractivity contribution in [3.8, 4) is 0 Å². The summed E-state index contributed by atoms with van der Waals surface area (Å²) in [6.07, 6.45) is 5.83. The van der Waals surface area contributed by atoms with Crippen molar-refractivity contribution in [1.29, 1.82) is 0 Å². The van der Waals surface area contributed by atoms with Crippen molar-refractivity contribution in [3.63, 3.8) is 0 Å². The van der Waals surface area contributed by atoms with Gasteiger partial charge in [0.15, 0.2) is 0 Å². The van der Waals surface area contributed by atoms with E-state index in [0.29, 0.717) is 23.5 Å². The molecule has 3 aromatic rings. The van der Waals surface area contributed by atoms with Crippen LogP contribution in [0.5, 0.6) is 0 Å². The number of imidazole rings is 1. The highest BCUT2D eigenvalue weighted by Gasteiger charge is 2.28. The maximum atomic E-state index is 13.2. The Morgan fingerprint density at radius 2 is 2.16 bits per heavy atom. The fraction of sp³-hybridized carbons (Fsp3) is 0.444. The van der Waals surface area contributed by atoms with Gasteiger partial charge in [0.25, 0.3) is 11.6 Å². The summed E-state index contributed by atoms with van der Waals surface area (Å²) in [5, 5.41) is 4.69. The molecule has 1 atom stereocenters. The summed E-state index contributed by atoms with van der Waals surface area (Å²) in [7, 11) is 0. The lowest BCUT2D eigenvalue weighted by atomic mass is 10.0. The second-order valence-corrected chi connectivity index (χ2v) is 6.69. The van der Waals surface area contributed by atoms with Gasteiger partial charge in [0.05, 0.1) is 22.7 Å². The Kier molecular flexibility index (Phi) is 3.78. The van der Waals surface area contributed by atoms with E-state index < -0.39 is 0 Å². The SMILES string of the molecule is Cc1cc(C(=O)N2CCC[C@@H](n3ccnc3C)C2)c2c(C)noc2n1. The van der Waals surface area contributed by atoms with Crippen LogP contribution >= 0.6 is 0 Å². The molecule has 0 spiro atoms. The van der Waals surface area contributed by atoms with E-state index in [4.69, 9.17) is 4.52 Å². The van der Waals surface area contributed by atoms with Crippen LogP contribution in [0.3, 0.4) is 0 Å². The molecule has 1 saturated heterocycles. The number of hydrogen-bond donors (Lipinski definition) is 0. The number of piperidine rings is 1. The summed E-state index contributed by atoms with van der Waals surface area (Å²) >= 11 is 0. The van der Waals surface area contributed by atoms with Crippen LogP contribution in [-0.2, 0) is 0 Å². The molecule has 0 aromatic carbocycles. The molecule has 1 amide bonds. The van der Waals surface area contributed by atoms with E-state index in [9.17, 15) is 4.79 Å². The molecule has 130 valence electrons. The van der Waals surface area contributed by atoms with Gasteiger partial charge in [-0.3, -0.25) is 4.79 Å². The van der Waals surface area contributed by atoms with Crippen LogP contribution in [0.15, 0.2) is 23.0 Å². The number of nitrogens with zero attached hydrogens (tertiary/aromatic N) is 5. The summed E-state index contributed by atoms with van der Waals surface area (Å²) in [6.45, 7) is 7.14. The molecule has 0 N–H and O–H groups in total. The smallest absolute Gasteiger partial charge is 0.258 e. The van der Waals surface area contributed by atoms with Crippen molar-refractivity contribution >= 4 is 17.0 Å². The number of amides is 1. The second-order valence-electron chi connectivity index (χ2n) is 6.69. The Morgan fingerprint density at radius 3 is 2.92 bits per heavy atom. The predicted octanol–water partition coefficient (Wildman–Crippen LogP) is 2.82. The zero-order chi connectivity index (χ0) is 17.6. The third kappa shape index (κ3) is 2.69. The lowest BCUT2D eigenvalue weighted by Crippen LogP contribution is -2.41. The number of aryl methyl sites for hydroxylation is 3. The molecule has 7 heteroatoms. The van der Waals surface area contributed by atoms with Gasteiger partial charge < -0.3 is 14.0 Å². The highest BCUT2D eigenvalue weighted by molar-refractivity contribution is 6.06. The van der Waals surface area contributed by atoms with E-state index in [-0.39, 0.29) is 11.9 Å². The minimum Gasteiger partial charge on any atom is -0.337 e. The number of fused-ring (bicyclic) bond motifs is 1. The average molecular weight is 339 g/mol. The summed E-state index contributed by atoms with van der Waals surface area (Å²) in [5.41, 5.74) is 2.51. The lowest BCUT2D eigenvalue weighted by molar-refractivity contribution is 0.0680. The van der Waals surface area contributed by atoms with Gasteiger partial charge >= 0.3 is 0 Å². The Balaban J connectivity index is 1.67. The van der Waals surface area contributed by atoms with Gasteiger partial charge in [0, 0.05) is 31.2 Å². The van der Waals surface area contributed by atoms with E-state index >= 15 is 0 Å². The molecule has 25 heavy (non-hydrogen) atoms. The van der Waals surface area contributed by atoms with Crippen molar-refractivity contribution < 1.29 is 9.32 Å². The van der Waals surface area contributed by atoms with E-state index in [1.54, 1.807) is 0 Å². The molecule has 0 aliphatic carbocycles. The minimum atomic E-state index is 0.0178. The fourth-order valence-electron chi connectivity index (χ4n) is 3.70. The molecule has 4 rings (SSSR count). The van der Waals surface area contributed by atoms with Crippen molar-refractivity contribution in [1.82, 2.24) is 24.6 Å². The molecule has 1 aliphatic heterocycles. The van der Waals surface area contributed by atoms with E-state index in [1.165, 1.54) is 0 Å². The summed E-state index contributed by atoms with van der Waals surface area (Å²) in [5.74, 6) is 1.00. The first-order chi connectivity index (χ1) is 12.0. The molecule has 1 aliphatic rings. The van der Waals surface area contributed by atoms with Gasteiger partial charge in [-0.05, 0) is 39.7 Å². The third-order valence-corrected chi connectivity index (χ3v) is 4.92. The fourth-order valence-corrected chi connectivity index (χ4v) is 3.70. The number of likely N-dealkylation sites (tertiary alicyclic amines) is 1. The molecule has 7 nitrogen and oxygen atoms in total. The van der Waals surface area contributed by atoms with E-state index in [2.05, 4.69) is 19.7 Å². The third-order valence-electron chi connectivity index (χ3n) is 4.92. The summed E-state index contributed by atoms with van der Waals surface area (Å²) in [6, 6.07) is 2.10. The van der Waals surface area contributed by atoms with Crippen LogP contribution in [0.2, 0.25) is 0 Å². The van der Waals surface area contributed by atoms with Crippen LogP contribution < -0.4 is 0 Å². The number of hydrogen-bond acceptors (Lipinski definition) is 5. The van der Waals surface area contributed by atoms with Gasteiger partial charge in [-0.2, -0.15) is 0 Å². The van der Waals surface area contributed by atoms with Gasteiger partial charge in [-0.25, -0.2) is 9.97 Å². The zero-order valence-corrected chi connectivity index (χ0v) is 14.7. The molecular formula is C18H21N5O2. The molecule has 3 aromatic heterocycles. The van der Waals surface area contributed by atoms with Crippen LogP contribution in [0, 0.1) is 20.8 Å². The van der Waals surface area contributed by atoms with Crippen molar-refractivity contribution in [2.45, 2.75) is 39.7 Å². The summed E-state index contributed by atoms with van der Waals surface area (Å²) in [4.78, 5) is 23.8. The predicted molar refractivity (Wildman–Crippen MR) is 92.4 cm³/mol. The maximum absolute atomic E-state index is 13.2. The van der Waals surface area contributed by atoms with E-state index in [1.807, 2.05) is 44.1 Å². The number of aromatic nitrogens is 4. The first-order valence-electron chi connectivity index (χ1n) is 8.57. The monoisotopic (exact) mass is 339 g/mol. The molecular weight excluding hydrogens is 318 g/mol. The highest BCUT2D eigenvalue weighted by atomic mass is 16.5. The molecule has 0 unspecified atom stereocenters. The average Bonchev–Trinajstić information content (AvgIpc) is 3.19. The number of rotatable bonds is 2. The Morgan fingerprint density at radius 1 is 1.32 bits per heavy atom. The molecule has 0 radical (unpaired) electrons. The first kappa shape index (κ1) is 15.8. The van der Waals surface area contributed by atoms with Crippen LogP contribution in [-0.4, -0.2) is 43.6 Å². The Hall–Kier alpha value is -2.70. The topological polar surface area (TPSA) is 77.0 Å². The minimum absolute atomic E-state index is 0.0178. The second kappa shape index (κ2) is 5.98. The van der Waals surface area contributed by atoms with Crippen molar-refractivity contribution in [2.24, 2.45) is 0 Å². The van der Waals surface area contributed by atoms with Gasteiger partial charge in [0.1, 0.15) is 5.82 Å². The quantitative estimate of drug-likeness (QED) is 0.717. The van der Waals surface area contributed by atoms with Crippen LogP contribution in [0.1, 0.15) is 46.5 Å². The van der Waals surface area contributed by atoms with Gasteiger partial charge in [-0.1, -0.05) is 5.16 Å². The summed E-state index contributed by atoms with van der Waals surface area (Å²) < 4.78 is 7.42. The van der Waals surface area contributed by atoms with Crippen molar-refractivity contribution in [3.05, 3.63) is 41.2 Å². The van der Waals surface area contributed by atoms with Crippen LogP contribution in [0.4, 0.5) is 0 Å². The lowest BCUT2D eigenvalue weighted by Gasteiger charge is -2.34. The molecule has 1 fully saturated rings. The van der Waals surface area contributed by atoms with Crippen LogP contribution in [0.25, 0.3) is 11.1 Å².